The molecule has 0 spiro atoms. The second-order valence-corrected chi connectivity index (χ2v) is 3.53. The molecule has 0 aliphatic heterocycles. The molecule has 2 rings (SSSR count). The number of nitrogens with zero attached hydrogens (tertiary/aromatic N) is 2. The van der Waals surface area contributed by atoms with Gasteiger partial charge in [-0.25, -0.2) is 0 Å². The molecule has 0 aliphatic rings. The fourth-order valence-electron chi connectivity index (χ4n) is 1.80. The lowest BCUT2D eigenvalue weighted by Crippen LogP contribution is -2.05. The van der Waals surface area contributed by atoms with Crippen LogP contribution in [-0.4, -0.2) is 16.9 Å². The predicted octanol–water partition coefficient (Wildman–Crippen LogP) is 1.55. The zero-order valence-corrected chi connectivity index (χ0v) is 9.47. The third-order valence-electron chi connectivity index (χ3n) is 2.65. The number of rotatable bonds is 3. The Hall–Kier alpha value is -1.81. The fourth-order valence-corrected chi connectivity index (χ4v) is 1.80. The van der Waals surface area contributed by atoms with Gasteiger partial charge in [-0.3, -0.25) is 4.68 Å². The van der Waals surface area contributed by atoms with Gasteiger partial charge in [0.25, 0.3) is 0 Å². The summed E-state index contributed by atoms with van der Waals surface area (Å²) in [7, 11) is 3.55. The molecule has 0 bridgehead atoms. The highest BCUT2D eigenvalue weighted by molar-refractivity contribution is 5.71. The molecule has 0 radical (unpaired) electrons. The minimum absolute atomic E-state index is 0.462. The van der Waals surface area contributed by atoms with Gasteiger partial charge in [0, 0.05) is 24.7 Å². The van der Waals surface area contributed by atoms with Crippen LogP contribution >= 0.6 is 0 Å². The molecular formula is C12H15N3O. The van der Waals surface area contributed by atoms with Crippen LogP contribution in [0.5, 0.6) is 5.75 Å². The van der Waals surface area contributed by atoms with E-state index in [2.05, 4.69) is 5.10 Å². The maximum atomic E-state index is 5.72. The lowest BCUT2D eigenvalue weighted by atomic mass is 10.1. The van der Waals surface area contributed by atoms with Gasteiger partial charge in [-0.05, 0) is 6.07 Å². The molecule has 1 aromatic carbocycles. The first-order valence-corrected chi connectivity index (χ1v) is 5.12. The van der Waals surface area contributed by atoms with E-state index < -0.39 is 0 Å². The molecule has 2 N–H and O–H groups in total. The van der Waals surface area contributed by atoms with E-state index in [1.807, 2.05) is 37.5 Å². The third kappa shape index (κ3) is 1.67. The molecule has 0 saturated carbocycles. The van der Waals surface area contributed by atoms with E-state index in [0.29, 0.717) is 6.54 Å². The van der Waals surface area contributed by atoms with Crippen molar-refractivity contribution in [2.75, 3.05) is 7.11 Å². The molecule has 0 aliphatic carbocycles. The van der Waals surface area contributed by atoms with Crippen molar-refractivity contribution < 1.29 is 4.74 Å². The average molecular weight is 217 g/mol. The smallest absolute Gasteiger partial charge is 0.126 e. The van der Waals surface area contributed by atoms with Crippen LogP contribution in [-0.2, 0) is 13.6 Å². The molecule has 84 valence electrons. The van der Waals surface area contributed by atoms with Gasteiger partial charge in [0.15, 0.2) is 0 Å². The topological polar surface area (TPSA) is 53.1 Å². The summed E-state index contributed by atoms with van der Waals surface area (Å²) in [6.45, 7) is 0.462. The molecule has 1 aromatic heterocycles. The third-order valence-corrected chi connectivity index (χ3v) is 2.65. The van der Waals surface area contributed by atoms with Gasteiger partial charge in [-0.15, -0.1) is 0 Å². The van der Waals surface area contributed by atoms with Crippen LogP contribution in [0, 0.1) is 0 Å². The highest BCUT2D eigenvalue weighted by atomic mass is 16.5. The lowest BCUT2D eigenvalue weighted by molar-refractivity contribution is 0.416. The lowest BCUT2D eigenvalue weighted by Gasteiger charge is -2.08. The van der Waals surface area contributed by atoms with Crippen LogP contribution in [0.25, 0.3) is 11.1 Å². The predicted molar refractivity (Wildman–Crippen MR) is 63.1 cm³/mol. The van der Waals surface area contributed by atoms with Crippen LogP contribution in [0.3, 0.4) is 0 Å². The Balaban J connectivity index is 2.58. The highest BCUT2D eigenvalue weighted by Crippen LogP contribution is 2.31. The van der Waals surface area contributed by atoms with E-state index in [1.54, 1.807) is 11.8 Å². The summed E-state index contributed by atoms with van der Waals surface area (Å²) in [6, 6.07) is 7.86. The molecule has 16 heavy (non-hydrogen) atoms. The Kier molecular flexibility index (Phi) is 2.92. The van der Waals surface area contributed by atoms with Gasteiger partial charge < -0.3 is 10.5 Å². The molecule has 4 nitrogen and oxygen atoms in total. The number of aromatic nitrogens is 2. The number of nitrogens with two attached hydrogens (primary N) is 1. The summed E-state index contributed by atoms with van der Waals surface area (Å²) in [6.07, 6.45) is 1.82. The van der Waals surface area contributed by atoms with Gasteiger partial charge in [-0.2, -0.15) is 5.10 Å². The van der Waals surface area contributed by atoms with E-state index in [-0.39, 0.29) is 0 Å². The first-order chi connectivity index (χ1) is 7.77. The van der Waals surface area contributed by atoms with Crippen molar-refractivity contribution in [2.45, 2.75) is 6.54 Å². The zero-order chi connectivity index (χ0) is 11.5. The van der Waals surface area contributed by atoms with Gasteiger partial charge in [0.1, 0.15) is 5.75 Å². The van der Waals surface area contributed by atoms with Crippen LogP contribution < -0.4 is 10.5 Å². The minimum Gasteiger partial charge on any atom is -0.496 e. The molecule has 2 aromatic rings. The number of hydrogen-bond donors (Lipinski definition) is 1. The van der Waals surface area contributed by atoms with Gasteiger partial charge in [0.05, 0.1) is 19.0 Å². The van der Waals surface area contributed by atoms with Gasteiger partial charge >= 0.3 is 0 Å². The maximum absolute atomic E-state index is 5.72. The summed E-state index contributed by atoms with van der Waals surface area (Å²) in [4.78, 5) is 0. The van der Waals surface area contributed by atoms with Crippen molar-refractivity contribution >= 4 is 0 Å². The molecule has 0 amide bonds. The number of benzene rings is 1. The Labute approximate surface area is 94.6 Å². The quantitative estimate of drug-likeness (QED) is 0.848. The van der Waals surface area contributed by atoms with Gasteiger partial charge in [-0.1, -0.05) is 18.2 Å². The largest absolute Gasteiger partial charge is 0.496 e. The fraction of sp³-hybridized carbons (Fsp3) is 0.250. The second-order valence-electron chi connectivity index (χ2n) is 3.53. The zero-order valence-electron chi connectivity index (χ0n) is 9.47. The van der Waals surface area contributed by atoms with Crippen LogP contribution in [0.4, 0.5) is 0 Å². The first-order valence-electron chi connectivity index (χ1n) is 5.12. The Morgan fingerprint density at radius 3 is 2.75 bits per heavy atom. The van der Waals surface area contributed by atoms with Gasteiger partial charge in [0.2, 0.25) is 0 Å². The monoisotopic (exact) mass is 217 g/mol. The van der Waals surface area contributed by atoms with E-state index >= 15 is 0 Å². The van der Waals surface area contributed by atoms with E-state index in [0.717, 1.165) is 22.6 Å². The number of methoxy groups -OCH3 is 1. The molecule has 0 atom stereocenters. The van der Waals surface area contributed by atoms with Crippen molar-refractivity contribution in [3.05, 3.63) is 36.2 Å². The summed E-state index contributed by atoms with van der Waals surface area (Å²) in [5.74, 6) is 0.838. The highest BCUT2D eigenvalue weighted by Gasteiger charge is 2.12. The number of ether oxygens (including phenoxy) is 1. The van der Waals surface area contributed by atoms with Crippen molar-refractivity contribution in [3.8, 4) is 16.9 Å². The molecular weight excluding hydrogens is 202 g/mol. The van der Waals surface area contributed by atoms with Crippen LogP contribution in [0.2, 0.25) is 0 Å². The van der Waals surface area contributed by atoms with Crippen molar-refractivity contribution in [3.63, 3.8) is 0 Å². The minimum atomic E-state index is 0.462. The average Bonchev–Trinajstić information content (AvgIpc) is 2.70. The Morgan fingerprint density at radius 2 is 2.06 bits per heavy atom. The molecule has 1 heterocycles. The Bertz CT molecular complexity index is 491. The van der Waals surface area contributed by atoms with Crippen LogP contribution in [0.1, 0.15) is 5.69 Å². The number of para-hydroxylation sites is 1. The summed E-state index contributed by atoms with van der Waals surface area (Å²) < 4.78 is 7.12. The summed E-state index contributed by atoms with van der Waals surface area (Å²) in [5, 5.41) is 4.22. The number of aryl methyl sites for hydroxylation is 1. The SMILES string of the molecule is COc1ccccc1-c1cnn(C)c1CN. The molecule has 0 unspecified atom stereocenters. The molecule has 4 heteroatoms. The first kappa shape index (κ1) is 10.7. The van der Waals surface area contributed by atoms with E-state index in [9.17, 15) is 0 Å². The van der Waals surface area contributed by atoms with Crippen molar-refractivity contribution in [2.24, 2.45) is 12.8 Å². The summed E-state index contributed by atoms with van der Waals surface area (Å²) >= 11 is 0. The van der Waals surface area contributed by atoms with Crippen molar-refractivity contribution in [1.29, 1.82) is 0 Å². The van der Waals surface area contributed by atoms with Crippen LogP contribution in [0.15, 0.2) is 30.5 Å². The second kappa shape index (κ2) is 4.37. The Morgan fingerprint density at radius 1 is 1.31 bits per heavy atom. The molecule has 0 fully saturated rings. The van der Waals surface area contributed by atoms with Crippen molar-refractivity contribution in [1.82, 2.24) is 9.78 Å². The maximum Gasteiger partial charge on any atom is 0.126 e. The van der Waals surface area contributed by atoms with E-state index in [1.165, 1.54) is 0 Å². The summed E-state index contributed by atoms with van der Waals surface area (Å²) in [5.41, 5.74) is 8.78. The normalized spacial score (nSPS) is 10.4. The molecule has 0 saturated heterocycles. The standard InChI is InChI=1S/C12H15N3O/c1-15-11(7-13)10(8-14-15)9-5-3-4-6-12(9)16-2/h3-6,8H,7,13H2,1-2H3. The number of hydrogen-bond acceptors (Lipinski definition) is 3. The van der Waals surface area contributed by atoms with E-state index in [4.69, 9.17) is 10.5 Å².